The summed E-state index contributed by atoms with van der Waals surface area (Å²) in [5.41, 5.74) is -1.83. The second kappa shape index (κ2) is 3.13. The average molecular weight is 170 g/mol. The quantitative estimate of drug-likeness (QED) is 0.688. The highest BCUT2D eigenvalue weighted by atomic mass is 19.3. The van der Waals surface area contributed by atoms with Gasteiger partial charge < -0.3 is 4.98 Å². The number of alkyl halides is 2. The summed E-state index contributed by atoms with van der Waals surface area (Å²) in [6, 6.07) is 2.44. The average Bonchev–Trinajstić information content (AvgIpc) is 2.03. The molecule has 3 nitrogen and oxygen atoms in total. The van der Waals surface area contributed by atoms with Crippen molar-refractivity contribution in [2.45, 2.75) is 6.43 Å². The molecule has 0 amide bonds. The first-order valence-corrected chi connectivity index (χ1v) is 3.06. The first kappa shape index (κ1) is 8.40. The number of pyridine rings is 1. The third kappa shape index (κ3) is 1.32. The number of hydrogen-bond acceptors (Lipinski definition) is 2. The molecule has 62 valence electrons. The van der Waals surface area contributed by atoms with Crippen LogP contribution in [0.25, 0.3) is 0 Å². The van der Waals surface area contributed by atoms with Gasteiger partial charge in [-0.3, -0.25) is 4.79 Å². The van der Waals surface area contributed by atoms with Crippen LogP contribution in [0.3, 0.4) is 0 Å². The highest BCUT2D eigenvalue weighted by molar-refractivity contribution is 5.35. The molecule has 0 saturated heterocycles. The number of aromatic amines is 1. The van der Waals surface area contributed by atoms with Gasteiger partial charge in [0.1, 0.15) is 11.6 Å². The second-order valence-corrected chi connectivity index (χ2v) is 2.05. The van der Waals surface area contributed by atoms with Crippen molar-refractivity contribution in [1.29, 1.82) is 5.26 Å². The zero-order valence-corrected chi connectivity index (χ0v) is 5.84. The van der Waals surface area contributed by atoms with Crippen molar-refractivity contribution in [2.75, 3.05) is 0 Å². The molecule has 0 aliphatic heterocycles. The van der Waals surface area contributed by atoms with Gasteiger partial charge >= 0.3 is 0 Å². The van der Waals surface area contributed by atoms with Crippen LogP contribution in [0.4, 0.5) is 8.78 Å². The van der Waals surface area contributed by atoms with Gasteiger partial charge in [-0.25, -0.2) is 8.78 Å². The van der Waals surface area contributed by atoms with E-state index in [9.17, 15) is 13.6 Å². The van der Waals surface area contributed by atoms with Crippen molar-refractivity contribution in [3.8, 4) is 6.07 Å². The van der Waals surface area contributed by atoms with Crippen LogP contribution in [0.15, 0.2) is 17.1 Å². The molecule has 0 bridgehead atoms. The first-order chi connectivity index (χ1) is 5.66. The molecular weight excluding hydrogens is 166 g/mol. The van der Waals surface area contributed by atoms with Crippen molar-refractivity contribution >= 4 is 0 Å². The van der Waals surface area contributed by atoms with Gasteiger partial charge in [-0.15, -0.1) is 0 Å². The highest BCUT2D eigenvalue weighted by Crippen LogP contribution is 2.18. The lowest BCUT2D eigenvalue weighted by Gasteiger charge is -1.98. The Hall–Kier alpha value is -1.70. The molecule has 1 rings (SSSR count). The number of aromatic nitrogens is 1. The third-order valence-electron chi connectivity index (χ3n) is 1.34. The smallest absolute Gasteiger partial charge is 0.266 e. The Morgan fingerprint density at radius 2 is 2.25 bits per heavy atom. The molecule has 0 radical (unpaired) electrons. The molecule has 0 atom stereocenters. The summed E-state index contributed by atoms with van der Waals surface area (Å²) in [6.45, 7) is 0. The molecule has 0 aliphatic rings. The SMILES string of the molecule is N#Cc1c(C(F)F)cc[nH]c1=O. The molecule has 0 aliphatic carbocycles. The summed E-state index contributed by atoms with van der Waals surface area (Å²) >= 11 is 0. The lowest BCUT2D eigenvalue weighted by Crippen LogP contribution is -2.12. The molecule has 0 unspecified atom stereocenters. The van der Waals surface area contributed by atoms with Crippen LogP contribution in [0.5, 0.6) is 0 Å². The van der Waals surface area contributed by atoms with E-state index in [4.69, 9.17) is 5.26 Å². The van der Waals surface area contributed by atoms with Crippen molar-refractivity contribution < 1.29 is 8.78 Å². The topological polar surface area (TPSA) is 56.6 Å². The van der Waals surface area contributed by atoms with E-state index in [1.54, 1.807) is 0 Å². The summed E-state index contributed by atoms with van der Waals surface area (Å²) < 4.78 is 24.2. The Morgan fingerprint density at radius 3 is 2.67 bits per heavy atom. The van der Waals surface area contributed by atoms with Gasteiger partial charge in [-0.2, -0.15) is 5.26 Å². The van der Waals surface area contributed by atoms with Crippen LogP contribution < -0.4 is 5.56 Å². The summed E-state index contributed by atoms with van der Waals surface area (Å²) in [4.78, 5) is 12.9. The van der Waals surface area contributed by atoms with E-state index in [1.165, 1.54) is 6.07 Å². The van der Waals surface area contributed by atoms with E-state index in [2.05, 4.69) is 4.98 Å². The monoisotopic (exact) mass is 170 g/mol. The largest absolute Gasteiger partial charge is 0.328 e. The lowest BCUT2D eigenvalue weighted by molar-refractivity contribution is 0.151. The summed E-state index contributed by atoms with van der Waals surface area (Å²) in [7, 11) is 0. The number of nitrogens with zero attached hydrogens (tertiary/aromatic N) is 1. The molecule has 0 fully saturated rings. The minimum Gasteiger partial charge on any atom is -0.328 e. The molecule has 0 saturated carbocycles. The Balaban J connectivity index is 3.41. The Kier molecular flexibility index (Phi) is 2.19. The van der Waals surface area contributed by atoms with Crippen LogP contribution in [-0.4, -0.2) is 4.98 Å². The maximum Gasteiger partial charge on any atom is 0.266 e. The number of hydrogen-bond donors (Lipinski definition) is 1. The molecule has 1 aromatic heterocycles. The first-order valence-electron chi connectivity index (χ1n) is 3.06. The van der Waals surface area contributed by atoms with Crippen molar-refractivity contribution in [3.63, 3.8) is 0 Å². The number of nitriles is 1. The molecule has 1 N–H and O–H groups in total. The highest BCUT2D eigenvalue weighted by Gasteiger charge is 2.14. The van der Waals surface area contributed by atoms with Gasteiger partial charge in [-0.05, 0) is 6.07 Å². The Labute approximate surface area is 66.3 Å². The molecule has 12 heavy (non-hydrogen) atoms. The maximum atomic E-state index is 12.1. The van der Waals surface area contributed by atoms with Gasteiger partial charge in [0, 0.05) is 11.8 Å². The lowest BCUT2D eigenvalue weighted by atomic mass is 10.1. The van der Waals surface area contributed by atoms with E-state index in [0.29, 0.717) is 0 Å². The van der Waals surface area contributed by atoms with E-state index in [1.807, 2.05) is 0 Å². The van der Waals surface area contributed by atoms with Crippen LogP contribution in [-0.2, 0) is 0 Å². The molecular formula is C7H4F2N2O. The Bertz CT molecular complexity index is 378. The minimum atomic E-state index is -2.79. The minimum absolute atomic E-state index is 0.521. The second-order valence-electron chi connectivity index (χ2n) is 2.05. The van der Waals surface area contributed by atoms with Crippen molar-refractivity contribution in [3.05, 3.63) is 33.7 Å². The third-order valence-corrected chi connectivity index (χ3v) is 1.34. The van der Waals surface area contributed by atoms with E-state index >= 15 is 0 Å². The fourth-order valence-electron chi connectivity index (χ4n) is 0.791. The molecule has 1 heterocycles. The Morgan fingerprint density at radius 1 is 1.58 bits per heavy atom. The molecule has 5 heteroatoms. The van der Waals surface area contributed by atoms with Gasteiger partial charge in [0.15, 0.2) is 0 Å². The van der Waals surface area contributed by atoms with Crippen LogP contribution >= 0.6 is 0 Å². The van der Waals surface area contributed by atoms with E-state index in [0.717, 1.165) is 12.3 Å². The zero-order valence-electron chi connectivity index (χ0n) is 5.84. The number of halogens is 2. The number of H-pyrrole nitrogens is 1. The van der Waals surface area contributed by atoms with Gasteiger partial charge in [0.25, 0.3) is 12.0 Å². The molecule has 0 spiro atoms. The van der Waals surface area contributed by atoms with Crippen molar-refractivity contribution in [2.24, 2.45) is 0 Å². The fourth-order valence-corrected chi connectivity index (χ4v) is 0.791. The zero-order chi connectivity index (χ0) is 9.14. The van der Waals surface area contributed by atoms with Gasteiger partial charge in [0.05, 0.1) is 0 Å². The van der Waals surface area contributed by atoms with Crippen molar-refractivity contribution in [1.82, 2.24) is 4.98 Å². The standard InChI is InChI=1S/C7H4F2N2O/c8-6(9)4-1-2-11-7(12)5(4)3-10/h1-2,6H,(H,11,12). The summed E-state index contributed by atoms with van der Waals surface area (Å²) in [6.07, 6.45) is -1.70. The van der Waals surface area contributed by atoms with Crippen LogP contribution in [0.1, 0.15) is 17.6 Å². The van der Waals surface area contributed by atoms with E-state index < -0.39 is 23.1 Å². The van der Waals surface area contributed by atoms with Gasteiger partial charge in [0.2, 0.25) is 0 Å². The van der Waals surface area contributed by atoms with Crippen LogP contribution in [0.2, 0.25) is 0 Å². The predicted octanol–water partition coefficient (Wildman–Crippen LogP) is 1.18. The summed E-state index contributed by atoms with van der Waals surface area (Å²) in [5, 5.41) is 8.34. The predicted molar refractivity (Wildman–Crippen MR) is 36.7 cm³/mol. The fraction of sp³-hybridized carbons (Fsp3) is 0.143. The summed E-state index contributed by atoms with van der Waals surface area (Å²) in [5.74, 6) is 0. The maximum absolute atomic E-state index is 12.1. The molecule has 1 aromatic rings. The number of rotatable bonds is 1. The normalized spacial score (nSPS) is 9.83. The van der Waals surface area contributed by atoms with E-state index in [-0.39, 0.29) is 0 Å². The van der Waals surface area contributed by atoms with Gasteiger partial charge in [-0.1, -0.05) is 0 Å². The number of nitrogens with one attached hydrogen (secondary N) is 1. The molecule has 0 aromatic carbocycles. The van der Waals surface area contributed by atoms with Crippen LogP contribution in [0, 0.1) is 11.3 Å².